The fraction of sp³-hybridized carbons (Fsp3) is 0.0833. The zero-order valence-corrected chi connectivity index (χ0v) is 11.7. The fourth-order valence-electron chi connectivity index (χ4n) is 1.57. The fourth-order valence-corrected chi connectivity index (χ4v) is 2.30. The van der Waals surface area contributed by atoms with Crippen LogP contribution in [0.3, 0.4) is 0 Å². The van der Waals surface area contributed by atoms with E-state index in [0.29, 0.717) is 15.8 Å². The van der Waals surface area contributed by atoms with Crippen LogP contribution < -0.4 is 11.1 Å². The van der Waals surface area contributed by atoms with E-state index in [0.717, 1.165) is 0 Å². The summed E-state index contributed by atoms with van der Waals surface area (Å²) in [6, 6.07) is 4.17. The summed E-state index contributed by atoms with van der Waals surface area (Å²) in [7, 11) is 0. The minimum Gasteiger partial charge on any atom is -0.478 e. The van der Waals surface area contributed by atoms with Crippen molar-refractivity contribution >= 4 is 45.6 Å². The Labute approximate surface area is 123 Å². The van der Waals surface area contributed by atoms with Crippen molar-refractivity contribution in [2.45, 2.75) is 6.42 Å². The number of nitrogen functional groups attached to an aromatic ring is 1. The van der Waals surface area contributed by atoms with Crippen molar-refractivity contribution < 1.29 is 14.7 Å². The summed E-state index contributed by atoms with van der Waals surface area (Å²) in [6.07, 6.45) is 0.0132. The predicted molar refractivity (Wildman–Crippen MR) is 77.3 cm³/mol. The normalized spacial score (nSPS) is 10.2. The topological polar surface area (TPSA) is 105 Å². The van der Waals surface area contributed by atoms with Gasteiger partial charge in [-0.2, -0.15) is 0 Å². The van der Waals surface area contributed by atoms with Gasteiger partial charge in [0.15, 0.2) is 5.13 Å². The lowest BCUT2D eigenvalue weighted by Crippen LogP contribution is -2.17. The number of aromatic nitrogens is 1. The minimum atomic E-state index is -1.14. The molecular formula is C12H10ClN3O3S. The molecule has 1 aromatic carbocycles. The lowest BCUT2D eigenvalue weighted by Gasteiger charge is -2.08. The van der Waals surface area contributed by atoms with Crippen LogP contribution in [0, 0.1) is 0 Å². The van der Waals surface area contributed by atoms with Crippen LogP contribution in [0.25, 0.3) is 0 Å². The van der Waals surface area contributed by atoms with Crippen molar-refractivity contribution in [3.63, 3.8) is 0 Å². The lowest BCUT2D eigenvalue weighted by atomic mass is 10.1. The Balaban J connectivity index is 2.15. The monoisotopic (exact) mass is 311 g/mol. The molecule has 0 spiro atoms. The minimum absolute atomic E-state index is 0.0132. The van der Waals surface area contributed by atoms with Crippen molar-refractivity contribution in [1.82, 2.24) is 4.98 Å². The molecule has 0 bridgehead atoms. The molecule has 0 aliphatic heterocycles. The van der Waals surface area contributed by atoms with Crippen molar-refractivity contribution in [3.05, 3.63) is 39.9 Å². The number of anilines is 2. The van der Waals surface area contributed by atoms with E-state index in [2.05, 4.69) is 10.3 Å². The summed E-state index contributed by atoms with van der Waals surface area (Å²) >= 11 is 7.03. The van der Waals surface area contributed by atoms with Gasteiger partial charge in [-0.15, -0.1) is 11.3 Å². The molecule has 104 valence electrons. The highest BCUT2D eigenvalue weighted by atomic mass is 35.5. The van der Waals surface area contributed by atoms with E-state index in [1.165, 1.54) is 29.5 Å². The number of carbonyl (C=O) groups excluding carboxylic acids is 1. The largest absolute Gasteiger partial charge is 0.478 e. The first-order valence-electron chi connectivity index (χ1n) is 5.48. The highest BCUT2D eigenvalue weighted by Gasteiger charge is 2.14. The standard InChI is InChI=1S/C12H10ClN3O3S/c13-6-1-2-8(11(18)19)9(3-6)16-10(17)4-7-5-20-12(14)15-7/h1-3,5H,4H2,(H2,14,15)(H,16,17)(H,18,19). The Bertz CT molecular complexity index is 672. The van der Waals surface area contributed by atoms with E-state index in [-0.39, 0.29) is 23.6 Å². The number of nitrogens with two attached hydrogens (primary N) is 1. The predicted octanol–water partition coefficient (Wildman–Crippen LogP) is 2.26. The van der Waals surface area contributed by atoms with E-state index in [1.807, 2.05) is 0 Å². The van der Waals surface area contributed by atoms with Crippen LogP contribution in [0.1, 0.15) is 16.1 Å². The third kappa shape index (κ3) is 3.46. The van der Waals surface area contributed by atoms with Crippen molar-refractivity contribution in [1.29, 1.82) is 0 Å². The van der Waals surface area contributed by atoms with Crippen LogP contribution in [-0.2, 0) is 11.2 Å². The van der Waals surface area contributed by atoms with Crippen molar-refractivity contribution in [3.8, 4) is 0 Å². The average molecular weight is 312 g/mol. The maximum atomic E-state index is 11.9. The summed E-state index contributed by atoms with van der Waals surface area (Å²) < 4.78 is 0. The first-order chi connectivity index (χ1) is 9.45. The molecule has 0 saturated carbocycles. The van der Waals surface area contributed by atoms with Crippen molar-refractivity contribution in [2.24, 2.45) is 0 Å². The number of amides is 1. The molecule has 0 saturated heterocycles. The van der Waals surface area contributed by atoms with E-state index in [9.17, 15) is 9.59 Å². The molecule has 4 N–H and O–H groups in total. The number of benzene rings is 1. The number of aromatic carboxylic acids is 1. The second kappa shape index (κ2) is 5.89. The molecule has 0 aliphatic rings. The number of rotatable bonds is 4. The van der Waals surface area contributed by atoms with Gasteiger partial charge in [0.2, 0.25) is 5.91 Å². The second-order valence-corrected chi connectivity index (χ2v) is 5.22. The Kier molecular flexibility index (Phi) is 4.21. The van der Waals surface area contributed by atoms with Gasteiger partial charge in [0, 0.05) is 10.4 Å². The summed E-state index contributed by atoms with van der Waals surface area (Å²) in [6.45, 7) is 0. The first-order valence-corrected chi connectivity index (χ1v) is 6.74. The molecule has 20 heavy (non-hydrogen) atoms. The molecule has 0 radical (unpaired) electrons. The smallest absolute Gasteiger partial charge is 0.337 e. The molecule has 2 aromatic rings. The number of hydrogen-bond donors (Lipinski definition) is 3. The quantitative estimate of drug-likeness (QED) is 0.803. The van der Waals surface area contributed by atoms with E-state index >= 15 is 0 Å². The number of thiazole rings is 1. The molecule has 6 nitrogen and oxygen atoms in total. The zero-order chi connectivity index (χ0) is 14.7. The van der Waals surface area contributed by atoms with Gasteiger partial charge >= 0.3 is 5.97 Å². The molecule has 1 aromatic heterocycles. The highest BCUT2D eigenvalue weighted by molar-refractivity contribution is 7.13. The molecule has 2 rings (SSSR count). The highest BCUT2D eigenvalue weighted by Crippen LogP contribution is 2.21. The average Bonchev–Trinajstić information content (AvgIpc) is 2.74. The lowest BCUT2D eigenvalue weighted by molar-refractivity contribution is -0.115. The number of carboxylic acid groups (broad SMARTS) is 1. The molecule has 0 unspecified atom stereocenters. The summed E-state index contributed by atoms with van der Waals surface area (Å²) in [5.41, 5.74) is 6.13. The first kappa shape index (κ1) is 14.3. The molecule has 0 fully saturated rings. The van der Waals surface area contributed by atoms with E-state index in [4.69, 9.17) is 22.4 Å². The van der Waals surface area contributed by atoms with Crippen LogP contribution in [0.2, 0.25) is 5.02 Å². The van der Waals surface area contributed by atoms with Crippen molar-refractivity contribution in [2.75, 3.05) is 11.1 Å². The number of halogens is 1. The summed E-state index contributed by atoms with van der Waals surface area (Å²) in [5, 5.41) is 13.9. The molecule has 0 aliphatic carbocycles. The molecular weight excluding hydrogens is 302 g/mol. The second-order valence-electron chi connectivity index (χ2n) is 3.90. The number of nitrogens with one attached hydrogen (secondary N) is 1. The third-order valence-electron chi connectivity index (χ3n) is 2.40. The van der Waals surface area contributed by atoms with Gasteiger partial charge in [0.1, 0.15) is 0 Å². The van der Waals surface area contributed by atoms with Gasteiger partial charge in [0.05, 0.1) is 23.4 Å². The number of carboxylic acids is 1. The Morgan fingerprint density at radius 2 is 2.20 bits per heavy atom. The Hall–Kier alpha value is -2.12. The van der Waals surface area contributed by atoms with Crippen LogP contribution in [-0.4, -0.2) is 22.0 Å². The van der Waals surface area contributed by atoms with Crippen LogP contribution in [0.4, 0.5) is 10.8 Å². The molecule has 0 atom stereocenters. The van der Waals surface area contributed by atoms with Crippen LogP contribution >= 0.6 is 22.9 Å². The number of hydrogen-bond acceptors (Lipinski definition) is 5. The summed E-state index contributed by atoms with van der Waals surface area (Å²) in [5.74, 6) is -1.53. The van der Waals surface area contributed by atoms with Gasteiger partial charge in [-0.1, -0.05) is 11.6 Å². The van der Waals surface area contributed by atoms with Gasteiger partial charge in [-0.3, -0.25) is 4.79 Å². The van der Waals surface area contributed by atoms with Gasteiger partial charge in [-0.25, -0.2) is 9.78 Å². The number of carbonyl (C=O) groups is 2. The third-order valence-corrected chi connectivity index (χ3v) is 3.36. The molecule has 8 heteroatoms. The molecule has 1 heterocycles. The maximum absolute atomic E-state index is 11.9. The zero-order valence-electron chi connectivity index (χ0n) is 10.1. The van der Waals surface area contributed by atoms with Crippen LogP contribution in [0.15, 0.2) is 23.6 Å². The number of nitrogens with zero attached hydrogens (tertiary/aromatic N) is 1. The molecule has 1 amide bonds. The van der Waals surface area contributed by atoms with Gasteiger partial charge < -0.3 is 16.2 Å². The Morgan fingerprint density at radius 3 is 2.80 bits per heavy atom. The van der Waals surface area contributed by atoms with E-state index in [1.54, 1.807) is 5.38 Å². The van der Waals surface area contributed by atoms with Gasteiger partial charge in [-0.05, 0) is 18.2 Å². The van der Waals surface area contributed by atoms with Gasteiger partial charge in [0.25, 0.3) is 0 Å². The van der Waals surface area contributed by atoms with Crippen LogP contribution in [0.5, 0.6) is 0 Å². The Morgan fingerprint density at radius 1 is 1.45 bits per heavy atom. The SMILES string of the molecule is Nc1nc(CC(=O)Nc2cc(Cl)ccc2C(=O)O)cs1. The summed E-state index contributed by atoms with van der Waals surface area (Å²) in [4.78, 5) is 26.9. The maximum Gasteiger partial charge on any atom is 0.337 e. The van der Waals surface area contributed by atoms with E-state index < -0.39 is 5.97 Å².